The van der Waals surface area contributed by atoms with Gasteiger partial charge in [-0.25, -0.2) is 0 Å². The first-order chi connectivity index (χ1) is 15.0. The molecule has 0 atom stereocenters. The number of nitrogens with zero attached hydrogens (tertiary/aromatic N) is 1. The van der Waals surface area contributed by atoms with Crippen LogP contribution in [-0.4, -0.2) is 17.9 Å². The highest BCUT2D eigenvalue weighted by Gasteiger charge is 2.36. The molecule has 0 aliphatic carbocycles. The topological polar surface area (TPSA) is 63.2 Å². The standard InChI is InChI=1S/C21H15F6N3O2/c1-28-19(31)18-11-17(6-7-29-18)32-16-4-2-14(3-5-16)30-15-9-12(20(22,23)24)8-13(10-15)21(25,26)27/h2-11,30H,1H3,(H,28,31). The van der Waals surface area contributed by atoms with E-state index in [1.165, 1.54) is 49.6 Å². The Balaban J connectivity index is 1.80. The van der Waals surface area contributed by atoms with Gasteiger partial charge >= 0.3 is 12.4 Å². The van der Waals surface area contributed by atoms with Crippen LogP contribution in [0.3, 0.4) is 0 Å². The summed E-state index contributed by atoms with van der Waals surface area (Å²) in [5.41, 5.74) is -2.83. The summed E-state index contributed by atoms with van der Waals surface area (Å²) in [6.45, 7) is 0. The first-order valence-electron chi connectivity index (χ1n) is 8.98. The van der Waals surface area contributed by atoms with E-state index < -0.39 is 29.4 Å². The van der Waals surface area contributed by atoms with Crippen LogP contribution in [0.25, 0.3) is 0 Å². The second-order valence-electron chi connectivity index (χ2n) is 6.50. The molecule has 3 aromatic rings. The number of aromatic nitrogens is 1. The number of carbonyl (C=O) groups is 1. The molecule has 0 saturated heterocycles. The van der Waals surface area contributed by atoms with E-state index in [-0.39, 0.29) is 23.1 Å². The lowest BCUT2D eigenvalue weighted by Gasteiger charge is -2.15. The summed E-state index contributed by atoms with van der Waals surface area (Å²) < 4.78 is 83.6. The third-order valence-corrected chi connectivity index (χ3v) is 4.16. The summed E-state index contributed by atoms with van der Waals surface area (Å²) in [5, 5.41) is 4.96. The minimum atomic E-state index is -4.94. The van der Waals surface area contributed by atoms with Gasteiger partial charge in [-0.2, -0.15) is 26.3 Å². The van der Waals surface area contributed by atoms with Gasteiger partial charge in [0, 0.05) is 30.7 Å². The molecule has 1 heterocycles. The Bertz CT molecular complexity index is 1080. The molecule has 2 aromatic carbocycles. The van der Waals surface area contributed by atoms with Crippen molar-refractivity contribution < 1.29 is 35.9 Å². The molecule has 0 saturated carbocycles. The van der Waals surface area contributed by atoms with E-state index in [1.807, 2.05) is 0 Å². The molecular weight excluding hydrogens is 440 g/mol. The Morgan fingerprint density at radius 1 is 0.812 bits per heavy atom. The van der Waals surface area contributed by atoms with Gasteiger partial charge in [0.1, 0.15) is 17.2 Å². The van der Waals surface area contributed by atoms with Gasteiger partial charge in [-0.05, 0) is 48.5 Å². The number of nitrogens with one attached hydrogen (secondary N) is 2. The molecule has 2 N–H and O–H groups in total. The van der Waals surface area contributed by atoms with E-state index in [2.05, 4.69) is 15.6 Å². The van der Waals surface area contributed by atoms with E-state index in [0.29, 0.717) is 23.6 Å². The van der Waals surface area contributed by atoms with Crippen molar-refractivity contribution in [3.05, 3.63) is 77.6 Å². The number of hydrogen-bond acceptors (Lipinski definition) is 4. The van der Waals surface area contributed by atoms with Crippen LogP contribution < -0.4 is 15.4 Å². The number of pyridine rings is 1. The molecule has 1 amide bonds. The van der Waals surface area contributed by atoms with Crippen LogP contribution in [0.15, 0.2) is 60.8 Å². The average Bonchev–Trinajstić information content (AvgIpc) is 2.73. The molecule has 11 heteroatoms. The first kappa shape index (κ1) is 22.9. The Morgan fingerprint density at radius 3 is 1.94 bits per heavy atom. The molecular formula is C21H15F6N3O2. The zero-order valence-electron chi connectivity index (χ0n) is 16.3. The van der Waals surface area contributed by atoms with Crippen molar-refractivity contribution in [1.82, 2.24) is 10.3 Å². The minimum absolute atomic E-state index is 0.0594. The fourth-order valence-corrected chi connectivity index (χ4v) is 2.66. The number of hydrogen-bond donors (Lipinski definition) is 2. The van der Waals surface area contributed by atoms with Crippen molar-refractivity contribution in [2.45, 2.75) is 12.4 Å². The van der Waals surface area contributed by atoms with Crippen LogP contribution in [0, 0.1) is 0 Å². The van der Waals surface area contributed by atoms with Gasteiger partial charge in [0.15, 0.2) is 0 Å². The maximum atomic E-state index is 13.0. The van der Waals surface area contributed by atoms with Crippen molar-refractivity contribution in [2.24, 2.45) is 0 Å². The third kappa shape index (κ3) is 5.68. The van der Waals surface area contributed by atoms with Crippen molar-refractivity contribution in [1.29, 1.82) is 0 Å². The Hall–Kier alpha value is -3.76. The van der Waals surface area contributed by atoms with Crippen LogP contribution in [-0.2, 0) is 12.4 Å². The smallest absolute Gasteiger partial charge is 0.416 e. The molecule has 5 nitrogen and oxygen atoms in total. The quantitative estimate of drug-likeness (QED) is 0.463. The molecule has 0 unspecified atom stereocenters. The number of halogens is 6. The molecule has 3 rings (SSSR count). The highest BCUT2D eigenvalue weighted by atomic mass is 19.4. The van der Waals surface area contributed by atoms with Crippen molar-refractivity contribution in [3.8, 4) is 11.5 Å². The molecule has 0 aliphatic heterocycles. The molecule has 0 aliphatic rings. The molecule has 0 spiro atoms. The monoisotopic (exact) mass is 455 g/mol. The van der Waals surface area contributed by atoms with Crippen LogP contribution in [0.5, 0.6) is 11.5 Å². The molecule has 0 fully saturated rings. The summed E-state index contributed by atoms with van der Waals surface area (Å²) >= 11 is 0. The highest BCUT2D eigenvalue weighted by molar-refractivity contribution is 5.92. The van der Waals surface area contributed by atoms with Gasteiger partial charge in [-0.1, -0.05) is 0 Å². The number of rotatable bonds is 5. The summed E-state index contributed by atoms with van der Waals surface area (Å²) in [6, 6.07) is 9.93. The lowest BCUT2D eigenvalue weighted by atomic mass is 10.1. The second-order valence-corrected chi connectivity index (χ2v) is 6.50. The molecule has 1 aromatic heterocycles. The second kappa shape index (κ2) is 8.77. The number of amides is 1. The number of anilines is 2. The predicted molar refractivity (Wildman–Crippen MR) is 104 cm³/mol. The zero-order valence-corrected chi connectivity index (χ0v) is 16.3. The number of benzene rings is 2. The van der Waals surface area contributed by atoms with Crippen molar-refractivity contribution in [2.75, 3.05) is 12.4 Å². The Labute approximate surface area is 178 Å². The van der Waals surface area contributed by atoms with E-state index in [4.69, 9.17) is 4.74 Å². The fourth-order valence-electron chi connectivity index (χ4n) is 2.66. The minimum Gasteiger partial charge on any atom is -0.457 e. The van der Waals surface area contributed by atoms with Gasteiger partial charge in [0.2, 0.25) is 0 Å². The summed E-state index contributed by atoms with van der Waals surface area (Å²) in [4.78, 5) is 15.5. The molecule has 32 heavy (non-hydrogen) atoms. The average molecular weight is 455 g/mol. The Morgan fingerprint density at radius 2 is 1.41 bits per heavy atom. The van der Waals surface area contributed by atoms with Crippen LogP contribution >= 0.6 is 0 Å². The van der Waals surface area contributed by atoms with Crippen molar-refractivity contribution >= 4 is 17.3 Å². The van der Waals surface area contributed by atoms with Crippen LogP contribution in [0.1, 0.15) is 21.6 Å². The van der Waals surface area contributed by atoms with Crippen LogP contribution in [0.4, 0.5) is 37.7 Å². The fraction of sp³-hybridized carbons (Fsp3) is 0.143. The lowest BCUT2D eigenvalue weighted by molar-refractivity contribution is -0.143. The largest absolute Gasteiger partial charge is 0.457 e. The lowest BCUT2D eigenvalue weighted by Crippen LogP contribution is -2.18. The normalized spacial score (nSPS) is 11.7. The highest BCUT2D eigenvalue weighted by Crippen LogP contribution is 2.38. The van der Waals surface area contributed by atoms with E-state index in [1.54, 1.807) is 0 Å². The Kier molecular flexibility index (Phi) is 6.28. The molecule has 0 radical (unpaired) electrons. The van der Waals surface area contributed by atoms with Gasteiger partial charge in [-0.15, -0.1) is 0 Å². The number of carbonyl (C=O) groups excluding carboxylic acids is 1. The predicted octanol–water partition coefficient (Wildman–Crippen LogP) is 6.01. The van der Waals surface area contributed by atoms with E-state index in [9.17, 15) is 31.1 Å². The van der Waals surface area contributed by atoms with Crippen LogP contribution in [0.2, 0.25) is 0 Å². The van der Waals surface area contributed by atoms with E-state index in [0.717, 1.165) is 0 Å². The maximum Gasteiger partial charge on any atom is 0.416 e. The first-order valence-corrected chi connectivity index (χ1v) is 8.98. The summed E-state index contributed by atoms with van der Waals surface area (Å²) in [6.07, 6.45) is -8.50. The third-order valence-electron chi connectivity index (χ3n) is 4.16. The summed E-state index contributed by atoms with van der Waals surface area (Å²) in [5.74, 6) is 0.228. The number of ether oxygens (including phenoxy) is 1. The SMILES string of the molecule is CNC(=O)c1cc(Oc2ccc(Nc3cc(C(F)(F)F)cc(C(F)(F)F)c3)cc2)ccn1. The molecule has 0 bridgehead atoms. The van der Waals surface area contributed by atoms with E-state index >= 15 is 0 Å². The van der Waals surface area contributed by atoms with Gasteiger partial charge in [0.25, 0.3) is 5.91 Å². The zero-order chi connectivity index (χ0) is 23.5. The summed E-state index contributed by atoms with van der Waals surface area (Å²) in [7, 11) is 1.45. The maximum absolute atomic E-state index is 13.0. The van der Waals surface area contributed by atoms with Gasteiger partial charge < -0.3 is 15.4 Å². The van der Waals surface area contributed by atoms with Gasteiger partial charge in [0.05, 0.1) is 11.1 Å². The van der Waals surface area contributed by atoms with Gasteiger partial charge in [-0.3, -0.25) is 9.78 Å². The molecule has 168 valence electrons. The van der Waals surface area contributed by atoms with Crippen molar-refractivity contribution in [3.63, 3.8) is 0 Å². The number of alkyl halides is 6.